The van der Waals surface area contributed by atoms with Crippen molar-refractivity contribution in [3.05, 3.63) is 12.7 Å². The zero-order valence-electron chi connectivity index (χ0n) is 11.2. The topological polar surface area (TPSA) is 49.8 Å². The van der Waals surface area contributed by atoms with Crippen LogP contribution in [0.25, 0.3) is 0 Å². The van der Waals surface area contributed by atoms with Gasteiger partial charge in [0.05, 0.1) is 12.1 Å². The van der Waals surface area contributed by atoms with Crippen molar-refractivity contribution < 1.29 is 14.6 Å². The van der Waals surface area contributed by atoms with E-state index in [1.54, 1.807) is 17.9 Å². The second-order valence-corrected chi connectivity index (χ2v) is 5.94. The number of amides is 1. The third-order valence-electron chi connectivity index (χ3n) is 2.93. The summed E-state index contributed by atoms with van der Waals surface area (Å²) in [7, 11) is 0. The number of β-amino-alcohol motifs (C(OH)–C–C–N with tert-alkyl or cyclic N) is 1. The molecule has 0 unspecified atom stereocenters. The van der Waals surface area contributed by atoms with Crippen molar-refractivity contribution in [1.29, 1.82) is 0 Å². The van der Waals surface area contributed by atoms with Crippen LogP contribution in [0.5, 0.6) is 0 Å². The largest absolute Gasteiger partial charge is 0.444 e. The molecule has 1 fully saturated rings. The molecule has 17 heavy (non-hydrogen) atoms. The summed E-state index contributed by atoms with van der Waals surface area (Å²) in [4.78, 5) is 13.4. The van der Waals surface area contributed by atoms with Crippen molar-refractivity contribution in [3.8, 4) is 0 Å². The van der Waals surface area contributed by atoms with Gasteiger partial charge in [-0.05, 0) is 34.1 Å². The molecular weight excluding hydrogens is 218 g/mol. The number of hydrogen-bond donors (Lipinski definition) is 1. The molecule has 0 aliphatic carbocycles. The van der Waals surface area contributed by atoms with Crippen LogP contribution in [-0.2, 0) is 4.74 Å². The first kappa shape index (κ1) is 14.0. The van der Waals surface area contributed by atoms with Crippen molar-refractivity contribution in [2.45, 2.75) is 45.3 Å². The molecule has 0 spiro atoms. The van der Waals surface area contributed by atoms with E-state index in [-0.39, 0.29) is 12.0 Å². The first-order valence-corrected chi connectivity index (χ1v) is 5.97. The third kappa shape index (κ3) is 3.73. The molecule has 0 radical (unpaired) electrons. The SMILES string of the molecule is C=CC[C@H]1CN(C(=O)OC(C)(C)C)C[C@@]1(C)O. The van der Waals surface area contributed by atoms with Gasteiger partial charge >= 0.3 is 6.09 Å². The lowest BCUT2D eigenvalue weighted by atomic mass is 9.90. The molecule has 1 rings (SSSR count). The lowest BCUT2D eigenvalue weighted by Crippen LogP contribution is -2.38. The van der Waals surface area contributed by atoms with Crippen molar-refractivity contribution in [3.63, 3.8) is 0 Å². The van der Waals surface area contributed by atoms with Gasteiger partial charge in [-0.3, -0.25) is 0 Å². The Labute approximate surface area is 103 Å². The maximum atomic E-state index is 11.9. The fourth-order valence-electron chi connectivity index (χ4n) is 2.04. The van der Waals surface area contributed by atoms with Crippen LogP contribution in [0.4, 0.5) is 4.79 Å². The molecular formula is C13H23NO3. The highest BCUT2D eigenvalue weighted by atomic mass is 16.6. The molecule has 0 bridgehead atoms. The molecule has 0 aromatic carbocycles. The number of carbonyl (C=O) groups is 1. The Kier molecular flexibility index (Phi) is 3.87. The fraction of sp³-hybridized carbons (Fsp3) is 0.769. The maximum Gasteiger partial charge on any atom is 0.410 e. The van der Waals surface area contributed by atoms with Crippen LogP contribution in [-0.4, -0.2) is 40.4 Å². The van der Waals surface area contributed by atoms with E-state index < -0.39 is 11.2 Å². The van der Waals surface area contributed by atoms with Crippen molar-refractivity contribution >= 4 is 6.09 Å². The normalized spacial score (nSPS) is 29.2. The first-order valence-electron chi connectivity index (χ1n) is 5.97. The predicted octanol–water partition coefficient (Wildman–Crippen LogP) is 2.18. The molecule has 98 valence electrons. The molecule has 1 aliphatic rings. The number of hydrogen-bond acceptors (Lipinski definition) is 3. The Hall–Kier alpha value is -1.03. The Morgan fingerprint density at radius 3 is 2.71 bits per heavy atom. The number of nitrogens with zero attached hydrogens (tertiary/aromatic N) is 1. The van der Waals surface area contributed by atoms with E-state index in [1.807, 2.05) is 20.8 Å². The van der Waals surface area contributed by atoms with Gasteiger partial charge in [0.15, 0.2) is 0 Å². The molecule has 1 heterocycles. The first-order chi connectivity index (χ1) is 7.65. The molecule has 0 aromatic heterocycles. The standard InChI is InChI=1S/C13H23NO3/c1-6-7-10-8-14(9-13(10,5)16)11(15)17-12(2,3)4/h6,10,16H,1,7-9H2,2-5H3/t10-,13+/m0/s1. The quantitative estimate of drug-likeness (QED) is 0.754. The lowest BCUT2D eigenvalue weighted by Gasteiger charge is -2.25. The van der Waals surface area contributed by atoms with Gasteiger partial charge in [0.1, 0.15) is 5.60 Å². The smallest absolute Gasteiger partial charge is 0.410 e. The van der Waals surface area contributed by atoms with Gasteiger partial charge < -0.3 is 14.7 Å². The Morgan fingerprint density at radius 1 is 1.65 bits per heavy atom. The van der Waals surface area contributed by atoms with Crippen LogP contribution in [0.2, 0.25) is 0 Å². The number of ether oxygens (including phenoxy) is 1. The molecule has 1 aliphatic heterocycles. The van der Waals surface area contributed by atoms with Gasteiger partial charge in [-0.2, -0.15) is 0 Å². The monoisotopic (exact) mass is 241 g/mol. The average Bonchev–Trinajstić information content (AvgIpc) is 2.40. The van der Waals surface area contributed by atoms with Gasteiger partial charge in [0, 0.05) is 12.5 Å². The van der Waals surface area contributed by atoms with E-state index in [0.717, 1.165) is 0 Å². The minimum absolute atomic E-state index is 0.0347. The van der Waals surface area contributed by atoms with E-state index >= 15 is 0 Å². The molecule has 4 nitrogen and oxygen atoms in total. The van der Waals surface area contributed by atoms with Gasteiger partial charge in [-0.1, -0.05) is 6.08 Å². The number of rotatable bonds is 2. The van der Waals surface area contributed by atoms with E-state index in [2.05, 4.69) is 6.58 Å². The summed E-state index contributed by atoms with van der Waals surface area (Å²) in [6.45, 7) is 11.8. The Bertz CT molecular complexity index is 304. The minimum atomic E-state index is -0.856. The Balaban J connectivity index is 2.64. The van der Waals surface area contributed by atoms with E-state index in [1.165, 1.54) is 0 Å². The summed E-state index contributed by atoms with van der Waals surface area (Å²) in [5.41, 5.74) is -1.36. The maximum absolute atomic E-state index is 11.9. The highest BCUT2D eigenvalue weighted by Crippen LogP contribution is 2.31. The molecule has 4 heteroatoms. The zero-order valence-corrected chi connectivity index (χ0v) is 11.2. The van der Waals surface area contributed by atoms with Crippen LogP contribution in [0, 0.1) is 5.92 Å². The van der Waals surface area contributed by atoms with Gasteiger partial charge in [-0.15, -0.1) is 6.58 Å². The van der Waals surface area contributed by atoms with Crippen LogP contribution in [0.1, 0.15) is 34.1 Å². The molecule has 1 amide bonds. The fourth-order valence-corrected chi connectivity index (χ4v) is 2.04. The second-order valence-electron chi connectivity index (χ2n) is 5.94. The number of likely N-dealkylation sites (tertiary alicyclic amines) is 1. The van der Waals surface area contributed by atoms with Crippen molar-refractivity contribution in [1.82, 2.24) is 4.90 Å². The summed E-state index contributed by atoms with van der Waals surface area (Å²) >= 11 is 0. The highest BCUT2D eigenvalue weighted by molar-refractivity contribution is 5.68. The number of allylic oxidation sites excluding steroid dienone is 1. The van der Waals surface area contributed by atoms with Crippen LogP contribution >= 0.6 is 0 Å². The highest BCUT2D eigenvalue weighted by Gasteiger charge is 2.43. The van der Waals surface area contributed by atoms with Gasteiger partial charge in [0.25, 0.3) is 0 Å². The van der Waals surface area contributed by atoms with E-state index in [0.29, 0.717) is 19.5 Å². The third-order valence-corrected chi connectivity index (χ3v) is 2.93. The predicted molar refractivity (Wildman–Crippen MR) is 66.7 cm³/mol. The summed E-state index contributed by atoms with van der Waals surface area (Å²) < 4.78 is 5.29. The molecule has 0 saturated carbocycles. The second kappa shape index (κ2) is 4.69. The van der Waals surface area contributed by atoms with Crippen LogP contribution in [0.15, 0.2) is 12.7 Å². The summed E-state index contributed by atoms with van der Waals surface area (Å²) in [6, 6.07) is 0. The van der Waals surface area contributed by atoms with Gasteiger partial charge in [-0.25, -0.2) is 4.79 Å². The molecule has 2 atom stereocenters. The van der Waals surface area contributed by atoms with E-state index in [9.17, 15) is 9.90 Å². The van der Waals surface area contributed by atoms with Crippen molar-refractivity contribution in [2.24, 2.45) is 5.92 Å². The van der Waals surface area contributed by atoms with E-state index in [4.69, 9.17) is 4.74 Å². The molecule has 1 saturated heterocycles. The minimum Gasteiger partial charge on any atom is -0.444 e. The number of aliphatic hydroxyl groups is 1. The summed E-state index contributed by atoms with van der Waals surface area (Å²) in [6.07, 6.45) is 2.12. The van der Waals surface area contributed by atoms with Crippen LogP contribution in [0.3, 0.4) is 0 Å². The zero-order chi connectivity index (χ0) is 13.3. The lowest BCUT2D eigenvalue weighted by molar-refractivity contribution is 0.0138. The average molecular weight is 241 g/mol. The molecule has 1 N–H and O–H groups in total. The number of carbonyl (C=O) groups excluding carboxylic acids is 1. The van der Waals surface area contributed by atoms with Gasteiger partial charge in [0.2, 0.25) is 0 Å². The van der Waals surface area contributed by atoms with Crippen LogP contribution < -0.4 is 0 Å². The summed E-state index contributed by atoms with van der Waals surface area (Å²) in [5, 5.41) is 10.2. The Morgan fingerprint density at radius 2 is 2.24 bits per heavy atom. The van der Waals surface area contributed by atoms with Crippen molar-refractivity contribution in [2.75, 3.05) is 13.1 Å². The molecule has 0 aromatic rings. The summed E-state index contributed by atoms with van der Waals surface area (Å²) in [5.74, 6) is 0.0347.